The van der Waals surface area contributed by atoms with E-state index < -0.39 is 0 Å². The Morgan fingerprint density at radius 1 is 1.20 bits per heavy atom. The molecule has 0 aromatic heterocycles. The van der Waals surface area contributed by atoms with E-state index in [0.29, 0.717) is 22.3 Å². The highest BCUT2D eigenvalue weighted by Crippen LogP contribution is 2.26. The van der Waals surface area contributed by atoms with Gasteiger partial charge in [0, 0.05) is 19.7 Å². The van der Waals surface area contributed by atoms with Crippen molar-refractivity contribution in [2.75, 3.05) is 14.1 Å². The minimum absolute atomic E-state index is 0.117. The fraction of sp³-hybridized carbons (Fsp3) is 0.188. The van der Waals surface area contributed by atoms with E-state index in [0.717, 1.165) is 0 Å². The van der Waals surface area contributed by atoms with Crippen LogP contribution in [-0.4, -0.2) is 30.0 Å². The molecule has 1 amide bonds. The van der Waals surface area contributed by atoms with Crippen molar-refractivity contribution >= 4 is 5.91 Å². The molecular formula is C16H16FNO2. The van der Waals surface area contributed by atoms with E-state index in [1.54, 1.807) is 44.4 Å². The molecule has 3 nitrogen and oxygen atoms in total. The molecule has 0 saturated heterocycles. The molecule has 104 valence electrons. The summed E-state index contributed by atoms with van der Waals surface area (Å²) >= 11 is 0. The van der Waals surface area contributed by atoms with Crippen LogP contribution in [-0.2, 0) is 6.61 Å². The summed E-state index contributed by atoms with van der Waals surface area (Å²) in [5, 5.41) is 9.34. The number of aliphatic hydroxyl groups excluding tert-OH is 1. The zero-order chi connectivity index (χ0) is 14.7. The Bertz CT molecular complexity index is 638. The van der Waals surface area contributed by atoms with Crippen molar-refractivity contribution in [3.05, 3.63) is 59.4 Å². The lowest BCUT2D eigenvalue weighted by molar-refractivity contribution is 0.0827. The summed E-state index contributed by atoms with van der Waals surface area (Å²) in [6, 6.07) is 11.2. The molecule has 2 aromatic rings. The third-order valence-corrected chi connectivity index (χ3v) is 3.07. The molecule has 4 heteroatoms. The number of benzene rings is 2. The molecule has 0 bridgehead atoms. The molecule has 0 heterocycles. The van der Waals surface area contributed by atoms with E-state index in [-0.39, 0.29) is 18.3 Å². The van der Waals surface area contributed by atoms with Gasteiger partial charge in [0.1, 0.15) is 5.82 Å². The first-order chi connectivity index (χ1) is 9.52. The van der Waals surface area contributed by atoms with Crippen LogP contribution in [0.25, 0.3) is 11.1 Å². The molecular weight excluding hydrogens is 257 g/mol. The van der Waals surface area contributed by atoms with Gasteiger partial charge in [0.05, 0.1) is 6.61 Å². The molecule has 0 aliphatic carbocycles. The lowest BCUT2D eigenvalue weighted by Crippen LogP contribution is -2.21. The van der Waals surface area contributed by atoms with E-state index in [1.807, 2.05) is 0 Å². The van der Waals surface area contributed by atoms with Crippen LogP contribution in [0.2, 0.25) is 0 Å². The van der Waals surface area contributed by atoms with Gasteiger partial charge in [-0.2, -0.15) is 0 Å². The quantitative estimate of drug-likeness (QED) is 0.934. The second kappa shape index (κ2) is 5.84. The smallest absolute Gasteiger partial charge is 0.253 e. The van der Waals surface area contributed by atoms with Crippen LogP contribution in [0.3, 0.4) is 0 Å². The maximum atomic E-state index is 13.4. The monoisotopic (exact) mass is 273 g/mol. The van der Waals surface area contributed by atoms with Gasteiger partial charge in [-0.05, 0) is 41.0 Å². The Labute approximate surface area is 117 Å². The number of halogens is 1. The summed E-state index contributed by atoms with van der Waals surface area (Å²) < 4.78 is 13.4. The molecule has 1 N–H and O–H groups in total. The van der Waals surface area contributed by atoms with Gasteiger partial charge in [-0.3, -0.25) is 4.79 Å². The SMILES string of the molecule is CN(C)C(=O)c1cccc(-c2cc(F)ccc2CO)c1. The number of nitrogens with zero attached hydrogens (tertiary/aromatic N) is 1. The van der Waals surface area contributed by atoms with Gasteiger partial charge in [-0.15, -0.1) is 0 Å². The average molecular weight is 273 g/mol. The number of aliphatic hydroxyl groups is 1. The first-order valence-corrected chi connectivity index (χ1v) is 6.24. The Hall–Kier alpha value is -2.20. The summed E-state index contributed by atoms with van der Waals surface area (Å²) in [5.74, 6) is -0.490. The third kappa shape index (κ3) is 2.86. The molecule has 2 rings (SSSR count). The van der Waals surface area contributed by atoms with Gasteiger partial charge >= 0.3 is 0 Å². The largest absolute Gasteiger partial charge is 0.392 e. The van der Waals surface area contributed by atoms with Gasteiger partial charge in [-0.25, -0.2) is 4.39 Å². The standard InChI is InChI=1S/C16H16FNO2/c1-18(2)16(20)12-5-3-4-11(8-12)15-9-14(17)7-6-13(15)10-19/h3-9,19H,10H2,1-2H3. The summed E-state index contributed by atoms with van der Waals surface area (Å²) in [6.45, 7) is -0.179. The average Bonchev–Trinajstić information content (AvgIpc) is 2.46. The van der Waals surface area contributed by atoms with Crippen LogP contribution in [0.15, 0.2) is 42.5 Å². The van der Waals surface area contributed by atoms with Crippen molar-refractivity contribution in [3.8, 4) is 11.1 Å². The van der Waals surface area contributed by atoms with Gasteiger partial charge in [0.25, 0.3) is 5.91 Å². The van der Waals surface area contributed by atoms with Crippen LogP contribution >= 0.6 is 0 Å². The van der Waals surface area contributed by atoms with Gasteiger partial charge in [0.2, 0.25) is 0 Å². The normalized spacial score (nSPS) is 10.4. The van der Waals surface area contributed by atoms with Crippen LogP contribution in [0.1, 0.15) is 15.9 Å². The topological polar surface area (TPSA) is 40.5 Å². The second-order valence-electron chi connectivity index (χ2n) is 4.74. The molecule has 20 heavy (non-hydrogen) atoms. The van der Waals surface area contributed by atoms with Crippen LogP contribution < -0.4 is 0 Å². The highest BCUT2D eigenvalue weighted by molar-refractivity contribution is 5.95. The third-order valence-electron chi connectivity index (χ3n) is 3.07. The number of hydrogen-bond donors (Lipinski definition) is 1. The number of carbonyl (C=O) groups is 1. The molecule has 0 atom stereocenters. The Morgan fingerprint density at radius 3 is 2.60 bits per heavy atom. The van der Waals surface area contributed by atoms with E-state index >= 15 is 0 Å². The van der Waals surface area contributed by atoms with Crippen molar-refractivity contribution in [1.29, 1.82) is 0 Å². The molecule has 0 aliphatic heterocycles. The number of hydrogen-bond acceptors (Lipinski definition) is 2. The predicted octanol–water partition coefficient (Wildman–Crippen LogP) is 2.69. The van der Waals surface area contributed by atoms with Crippen molar-refractivity contribution in [2.45, 2.75) is 6.61 Å². The zero-order valence-corrected chi connectivity index (χ0v) is 11.4. The highest BCUT2D eigenvalue weighted by atomic mass is 19.1. The summed E-state index contributed by atoms with van der Waals surface area (Å²) in [6.07, 6.45) is 0. The fourth-order valence-corrected chi connectivity index (χ4v) is 2.03. The van der Waals surface area contributed by atoms with E-state index in [1.165, 1.54) is 17.0 Å². The van der Waals surface area contributed by atoms with Crippen LogP contribution in [0.5, 0.6) is 0 Å². The number of rotatable bonds is 3. The number of amides is 1. The summed E-state index contributed by atoms with van der Waals surface area (Å²) in [4.78, 5) is 13.4. The lowest BCUT2D eigenvalue weighted by atomic mass is 9.98. The van der Waals surface area contributed by atoms with Crippen molar-refractivity contribution in [2.24, 2.45) is 0 Å². The van der Waals surface area contributed by atoms with Crippen LogP contribution in [0.4, 0.5) is 4.39 Å². The minimum Gasteiger partial charge on any atom is -0.392 e. The summed E-state index contributed by atoms with van der Waals surface area (Å²) in [5.41, 5.74) is 2.46. The number of carbonyl (C=O) groups excluding carboxylic acids is 1. The Morgan fingerprint density at radius 2 is 1.95 bits per heavy atom. The second-order valence-corrected chi connectivity index (χ2v) is 4.74. The van der Waals surface area contributed by atoms with E-state index in [9.17, 15) is 14.3 Å². The zero-order valence-electron chi connectivity index (χ0n) is 11.4. The van der Waals surface area contributed by atoms with Gasteiger partial charge in [0.15, 0.2) is 0 Å². The summed E-state index contributed by atoms with van der Waals surface area (Å²) in [7, 11) is 3.35. The van der Waals surface area contributed by atoms with Crippen LogP contribution in [0, 0.1) is 5.82 Å². The molecule has 0 saturated carbocycles. The Kier molecular flexibility index (Phi) is 4.15. The molecule has 0 fully saturated rings. The lowest BCUT2D eigenvalue weighted by Gasteiger charge is -2.12. The van der Waals surface area contributed by atoms with Gasteiger partial charge in [-0.1, -0.05) is 18.2 Å². The van der Waals surface area contributed by atoms with Crippen molar-refractivity contribution < 1.29 is 14.3 Å². The molecule has 0 unspecified atom stereocenters. The fourth-order valence-electron chi connectivity index (χ4n) is 2.03. The molecule has 0 radical (unpaired) electrons. The van der Waals surface area contributed by atoms with E-state index in [4.69, 9.17) is 0 Å². The Balaban J connectivity index is 2.51. The highest BCUT2D eigenvalue weighted by Gasteiger charge is 2.11. The first-order valence-electron chi connectivity index (χ1n) is 6.24. The van der Waals surface area contributed by atoms with Crippen molar-refractivity contribution in [3.63, 3.8) is 0 Å². The molecule has 0 aliphatic rings. The maximum absolute atomic E-state index is 13.4. The molecule has 0 spiro atoms. The molecule has 2 aromatic carbocycles. The van der Waals surface area contributed by atoms with Gasteiger partial charge < -0.3 is 10.0 Å². The van der Waals surface area contributed by atoms with E-state index in [2.05, 4.69) is 0 Å². The predicted molar refractivity (Wildman–Crippen MR) is 75.8 cm³/mol. The first kappa shape index (κ1) is 14.2. The maximum Gasteiger partial charge on any atom is 0.253 e. The minimum atomic E-state index is -0.374. The van der Waals surface area contributed by atoms with Crippen molar-refractivity contribution in [1.82, 2.24) is 4.90 Å².